The Morgan fingerprint density at radius 3 is 2.87 bits per heavy atom. The van der Waals surface area contributed by atoms with Gasteiger partial charge in [0, 0.05) is 28.2 Å². The van der Waals surface area contributed by atoms with Crippen LogP contribution in [0.5, 0.6) is 0 Å². The number of aromatic nitrogens is 2. The lowest BCUT2D eigenvalue weighted by molar-refractivity contribution is -0.661. The van der Waals surface area contributed by atoms with Gasteiger partial charge in [-0.15, -0.1) is 23.1 Å². The average molecular weight is 579 g/mol. The molecule has 2 aliphatic heterocycles. The van der Waals surface area contributed by atoms with Crippen LogP contribution >= 0.6 is 34.4 Å². The van der Waals surface area contributed by atoms with Crippen LogP contribution in [0.4, 0.5) is 15.2 Å². The fourth-order valence-electron chi connectivity index (χ4n) is 4.16. The summed E-state index contributed by atoms with van der Waals surface area (Å²) in [6.07, 6.45) is 1.83. The van der Waals surface area contributed by atoms with Crippen molar-refractivity contribution in [1.82, 2.24) is 15.2 Å². The number of hydrogen-bond donors (Lipinski definition) is 4. The lowest BCUT2D eigenvalue weighted by Gasteiger charge is -2.49. The Bertz CT molecular complexity index is 1500. The molecule has 1 fully saturated rings. The molecule has 5 rings (SSSR count). The number of amides is 2. The zero-order chi connectivity index (χ0) is 27.0. The molecule has 0 aliphatic carbocycles. The van der Waals surface area contributed by atoms with E-state index in [1.807, 2.05) is 28.3 Å². The minimum Gasteiger partial charge on any atom is -0.477 e. The van der Waals surface area contributed by atoms with E-state index in [0.29, 0.717) is 17.0 Å². The van der Waals surface area contributed by atoms with E-state index in [2.05, 4.69) is 15.5 Å². The number of fused-ring (bicyclic) bond motifs is 2. The van der Waals surface area contributed by atoms with E-state index in [-0.39, 0.29) is 35.4 Å². The molecule has 3 aromatic rings. The maximum Gasteiger partial charge on any atom is 0.352 e. The molecular weight excluding hydrogens is 557 g/mol. The number of oxime groups is 1. The van der Waals surface area contributed by atoms with E-state index in [1.54, 1.807) is 0 Å². The van der Waals surface area contributed by atoms with Gasteiger partial charge in [0.1, 0.15) is 36.1 Å². The van der Waals surface area contributed by atoms with Gasteiger partial charge < -0.3 is 26.7 Å². The van der Waals surface area contributed by atoms with Crippen molar-refractivity contribution >= 4 is 79.0 Å². The summed E-state index contributed by atoms with van der Waals surface area (Å²) in [6, 6.07) is 2.72. The molecule has 0 bridgehead atoms. The number of carboxylic acids is 1. The average Bonchev–Trinajstić information content (AvgIpc) is 3.50. The van der Waals surface area contributed by atoms with Crippen molar-refractivity contribution in [1.29, 1.82) is 0 Å². The van der Waals surface area contributed by atoms with Gasteiger partial charge >= 0.3 is 5.97 Å². The molecule has 1 saturated heterocycles. The molecule has 12 nitrogen and oxygen atoms in total. The number of thioether (sulfide) groups is 1. The second kappa shape index (κ2) is 10.5. The van der Waals surface area contributed by atoms with E-state index >= 15 is 0 Å². The van der Waals surface area contributed by atoms with Crippen LogP contribution in [0.2, 0.25) is 0 Å². The molecule has 0 saturated carbocycles. The zero-order valence-electron chi connectivity index (χ0n) is 19.5. The van der Waals surface area contributed by atoms with Crippen LogP contribution < -0.4 is 21.4 Å². The number of anilines is 2. The molecule has 38 heavy (non-hydrogen) atoms. The Kier molecular flexibility index (Phi) is 7.18. The summed E-state index contributed by atoms with van der Waals surface area (Å²) in [4.78, 5) is 49.3. The Labute approximate surface area is 226 Å². The van der Waals surface area contributed by atoms with Crippen LogP contribution in [0.15, 0.2) is 45.5 Å². The van der Waals surface area contributed by atoms with Crippen molar-refractivity contribution in [3.05, 3.63) is 46.1 Å². The maximum absolute atomic E-state index is 13.1. The second-order valence-electron chi connectivity index (χ2n) is 8.20. The lowest BCUT2D eigenvalue weighted by atomic mass is 10.0. The van der Waals surface area contributed by atoms with Gasteiger partial charge in [0.05, 0.1) is 11.1 Å². The van der Waals surface area contributed by atoms with E-state index in [0.717, 1.165) is 21.6 Å². The number of nitrogens with zero attached hydrogens (tertiary/aromatic N) is 4. The molecule has 198 valence electrons. The normalized spacial score (nSPS) is 19.3. The van der Waals surface area contributed by atoms with Gasteiger partial charge in [0.2, 0.25) is 0 Å². The van der Waals surface area contributed by atoms with E-state index < -0.39 is 35.9 Å². The number of pyridine rings is 1. The van der Waals surface area contributed by atoms with Crippen molar-refractivity contribution < 1.29 is 33.3 Å². The van der Waals surface area contributed by atoms with Crippen LogP contribution in [0, 0.1) is 0 Å². The highest BCUT2D eigenvalue weighted by Gasteiger charge is 2.55. The molecule has 1 unspecified atom stereocenters. The van der Waals surface area contributed by atoms with Crippen LogP contribution in [-0.4, -0.2) is 68.9 Å². The van der Waals surface area contributed by atoms with E-state index in [1.165, 1.54) is 33.4 Å². The largest absolute Gasteiger partial charge is 0.477 e. The molecule has 0 radical (unpaired) electrons. The summed E-state index contributed by atoms with van der Waals surface area (Å²) >= 11 is 3.86. The number of halogens is 1. The number of carboxylic acid groups (broad SMARTS) is 1. The van der Waals surface area contributed by atoms with Crippen LogP contribution in [0.25, 0.3) is 10.2 Å². The van der Waals surface area contributed by atoms with Crippen molar-refractivity contribution in [2.75, 3.05) is 30.5 Å². The third kappa shape index (κ3) is 4.65. The number of rotatable bonds is 9. The van der Waals surface area contributed by atoms with Gasteiger partial charge in [-0.25, -0.2) is 14.2 Å². The summed E-state index contributed by atoms with van der Waals surface area (Å²) in [5, 5.41) is 20.0. The van der Waals surface area contributed by atoms with E-state index in [9.17, 15) is 23.9 Å². The molecule has 6 N–H and O–H groups in total. The summed E-state index contributed by atoms with van der Waals surface area (Å²) in [6.45, 7) is -0.927. The summed E-state index contributed by atoms with van der Waals surface area (Å²) in [5.74, 6) is -2.26. The first kappa shape index (κ1) is 25.9. The molecular formula is C22H21FN7O5S3+. The first-order valence-corrected chi connectivity index (χ1v) is 13.9. The van der Waals surface area contributed by atoms with Crippen molar-refractivity contribution in [3.63, 3.8) is 0 Å². The maximum atomic E-state index is 13.1. The first-order chi connectivity index (χ1) is 18.3. The number of β-lactam (4-membered cyclic amide) rings is 1. The topological polar surface area (TPSA) is 177 Å². The number of nitrogen functional groups attached to an aromatic ring is 2. The number of carbonyl (C=O) groups is 3. The molecule has 3 aromatic heterocycles. The van der Waals surface area contributed by atoms with Crippen LogP contribution in [0.1, 0.15) is 5.69 Å². The van der Waals surface area contributed by atoms with Gasteiger partial charge in [-0.2, -0.15) is 4.57 Å². The quantitative estimate of drug-likeness (QED) is 0.0946. The number of thiophene rings is 1. The van der Waals surface area contributed by atoms with Gasteiger partial charge in [-0.1, -0.05) is 16.5 Å². The molecule has 2 aliphatic rings. The van der Waals surface area contributed by atoms with Gasteiger partial charge in [0.15, 0.2) is 23.6 Å². The number of aliphatic carboxylic acids is 1. The standard InChI is InChI=1S/C22H20FN7O5S3/c23-3-5-35-28-14(13-9-38-22(25)26-13)17(31)27-15-18(32)30-16(21(33)34)10(7-36-20(15)30)6-29-4-1-2-11-12(24)8-37-19(11)29/h1-2,4,8-9,15,20H,3,5-7,24H2,(H3-,25,26,27,31,33,34)/p+1/b28-14-/t15?,20-/m1/s1. The summed E-state index contributed by atoms with van der Waals surface area (Å²) < 4.78 is 14.4. The number of nitrogens with one attached hydrogen (secondary N) is 1. The number of thiazole rings is 1. The Hall–Kier alpha value is -3.76. The van der Waals surface area contributed by atoms with Crippen LogP contribution in [-0.2, 0) is 25.8 Å². The number of alkyl halides is 1. The van der Waals surface area contributed by atoms with Gasteiger partial charge in [-0.3, -0.25) is 14.5 Å². The SMILES string of the molecule is Nc1nc(/C(=N/OCCF)C(=O)NC2C(=O)N3C(C(=O)O)=C(C[n+]4cccc5c(N)csc54)CS[C@H]23)cs1. The molecule has 2 atom stereocenters. The van der Waals surface area contributed by atoms with Crippen LogP contribution in [0.3, 0.4) is 0 Å². The fraction of sp³-hybridized carbons (Fsp3) is 0.273. The monoisotopic (exact) mass is 578 g/mol. The second-order valence-corrected chi connectivity index (χ2v) is 11.1. The highest BCUT2D eigenvalue weighted by molar-refractivity contribution is 8.00. The first-order valence-electron chi connectivity index (χ1n) is 11.1. The summed E-state index contributed by atoms with van der Waals surface area (Å²) in [7, 11) is 0. The van der Waals surface area contributed by atoms with E-state index in [4.69, 9.17) is 16.3 Å². The number of carbonyl (C=O) groups excluding carboxylic acids is 2. The smallest absolute Gasteiger partial charge is 0.352 e. The Balaban J connectivity index is 1.37. The highest BCUT2D eigenvalue weighted by atomic mass is 32.2. The predicted molar refractivity (Wildman–Crippen MR) is 141 cm³/mol. The number of nitrogens with two attached hydrogens (primary N) is 2. The Morgan fingerprint density at radius 2 is 2.16 bits per heavy atom. The summed E-state index contributed by atoms with van der Waals surface area (Å²) in [5.41, 5.74) is 12.6. The molecule has 5 heterocycles. The minimum absolute atomic E-state index is 0.106. The fourth-order valence-corrected chi connectivity index (χ4v) is 6.98. The van der Waals surface area contributed by atoms with Crippen molar-refractivity contribution in [2.24, 2.45) is 5.16 Å². The Morgan fingerprint density at radius 1 is 1.34 bits per heavy atom. The molecule has 0 aromatic carbocycles. The lowest BCUT2D eigenvalue weighted by Crippen LogP contribution is -2.71. The minimum atomic E-state index is -1.23. The third-order valence-electron chi connectivity index (χ3n) is 5.83. The molecule has 0 spiro atoms. The predicted octanol–water partition coefficient (Wildman–Crippen LogP) is 0.939. The van der Waals surface area contributed by atoms with Gasteiger partial charge in [0.25, 0.3) is 16.6 Å². The molecule has 2 amide bonds. The molecule has 16 heteroatoms. The third-order valence-corrected chi connectivity index (χ3v) is 8.89. The van der Waals surface area contributed by atoms with Crippen molar-refractivity contribution in [3.8, 4) is 0 Å². The zero-order valence-corrected chi connectivity index (χ0v) is 21.9. The highest BCUT2D eigenvalue weighted by Crippen LogP contribution is 2.40. The number of hydrogen-bond acceptors (Lipinski definition) is 11. The van der Waals surface area contributed by atoms with Gasteiger partial charge in [-0.05, 0) is 6.07 Å². The van der Waals surface area contributed by atoms with Crippen molar-refractivity contribution in [2.45, 2.75) is 18.0 Å².